The van der Waals surface area contributed by atoms with Crippen LogP contribution in [0.4, 0.5) is 0 Å². The lowest BCUT2D eigenvalue weighted by Crippen LogP contribution is -2.87. The molecule has 0 radical (unpaired) electrons. The third kappa shape index (κ3) is 6.40. The van der Waals surface area contributed by atoms with Crippen LogP contribution >= 0.6 is 21.6 Å². The van der Waals surface area contributed by atoms with Crippen LogP contribution in [-0.4, -0.2) is 30.1 Å². The summed E-state index contributed by atoms with van der Waals surface area (Å²) in [5, 5.41) is 15.1. The Labute approximate surface area is 169 Å². The SMILES string of the molecule is O=C([O-])CCCC[C@@H]1C=CSS1.c1ccc2c(c1)CCCC2C1=NCC[NH2+]1. The molecule has 146 valence electrons. The molecule has 4 nitrogen and oxygen atoms in total. The monoisotopic (exact) mass is 404 g/mol. The Morgan fingerprint density at radius 2 is 2.19 bits per heavy atom. The van der Waals surface area contributed by atoms with Crippen molar-refractivity contribution >= 4 is 33.4 Å². The summed E-state index contributed by atoms with van der Waals surface area (Å²) in [4.78, 5) is 14.7. The molecule has 0 aromatic heterocycles. The van der Waals surface area contributed by atoms with Crippen molar-refractivity contribution in [1.82, 2.24) is 0 Å². The number of carbonyl (C=O) groups excluding carboxylic acids is 1. The van der Waals surface area contributed by atoms with Crippen LogP contribution < -0.4 is 10.4 Å². The highest BCUT2D eigenvalue weighted by molar-refractivity contribution is 8.78. The van der Waals surface area contributed by atoms with E-state index in [1.54, 1.807) is 10.8 Å². The van der Waals surface area contributed by atoms with Crippen LogP contribution in [0.1, 0.15) is 55.6 Å². The molecule has 2 aliphatic heterocycles. The highest BCUT2D eigenvalue weighted by Crippen LogP contribution is 2.37. The molecule has 1 aromatic carbocycles. The number of hydrogen-bond acceptors (Lipinski definition) is 5. The zero-order chi connectivity index (χ0) is 18.9. The van der Waals surface area contributed by atoms with Crippen molar-refractivity contribution in [3.8, 4) is 0 Å². The van der Waals surface area contributed by atoms with Crippen molar-refractivity contribution in [3.63, 3.8) is 0 Å². The fourth-order valence-electron chi connectivity index (χ4n) is 3.80. The van der Waals surface area contributed by atoms with Gasteiger partial charge in [0.1, 0.15) is 6.54 Å². The van der Waals surface area contributed by atoms with Gasteiger partial charge in [0.2, 0.25) is 5.84 Å². The number of carbonyl (C=O) groups is 1. The topological polar surface area (TPSA) is 69.1 Å². The summed E-state index contributed by atoms with van der Waals surface area (Å²) in [6.07, 6.45) is 9.04. The van der Waals surface area contributed by atoms with E-state index in [1.165, 1.54) is 36.2 Å². The average Bonchev–Trinajstić information content (AvgIpc) is 3.39. The molecular weight excluding hydrogens is 376 g/mol. The first kappa shape index (κ1) is 20.5. The van der Waals surface area contributed by atoms with E-state index < -0.39 is 5.97 Å². The van der Waals surface area contributed by atoms with Crippen LogP contribution in [0.2, 0.25) is 0 Å². The maximum Gasteiger partial charge on any atom is 0.202 e. The first-order valence-corrected chi connectivity index (χ1v) is 12.2. The summed E-state index contributed by atoms with van der Waals surface area (Å²) >= 11 is 0. The number of amidine groups is 1. The maximum atomic E-state index is 10.1. The van der Waals surface area contributed by atoms with E-state index >= 15 is 0 Å². The van der Waals surface area contributed by atoms with Gasteiger partial charge in [-0.05, 0) is 55.1 Å². The average molecular weight is 405 g/mol. The number of carboxylic acid groups (broad SMARTS) is 1. The highest BCUT2D eigenvalue weighted by Gasteiger charge is 2.28. The lowest BCUT2D eigenvalue weighted by atomic mass is 9.82. The van der Waals surface area contributed by atoms with Crippen molar-refractivity contribution < 1.29 is 15.2 Å². The predicted molar refractivity (Wildman–Crippen MR) is 113 cm³/mol. The van der Waals surface area contributed by atoms with E-state index in [4.69, 9.17) is 0 Å². The molecule has 0 saturated carbocycles. The molecule has 0 spiro atoms. The molecule has 0 saturated heterocycles. The van der Waals surface area contributed by atoms with Crippen molar-refractivity contribution in [3.05, 3.63) is 46.9 Å². The number of unbranched alkanes of at least 4 members (excludes halogenated alkanes) is 1. The number of benzene rings is 1. The first-order valence-electron chi connectivity index (χ1n) is 9.88. The van der Waals surface area contributed by atoms with E-state index in [9.17, 15) is 9.90 Å². The molecule has 3 aliphatic rings. The Kier molecular flexibility index (Phi) is 8.30. The van der Waals surface area contributed by atoms with Gasteiger partial charge in [-0.1, -0.05) is 58.4 Å². The van der Waals surface area contributed by atoms with Crippen LogP contribution in [0, 0.1) is 0 Å². The number of aliphatic imine (C=N–C) groups is 1. The van der Waals surface area contributed by atoms with E-state index in [2.05, 4.69) is 46.1 Å². The zero-order valence-electron chi connectivity index (χ0n) is 15.6. The van der Waals surface area contributed by atoms with Crippen molar-refractivity contribution in [2.45, 2.75) is 56.1 Å². The minimum atomic E-state index is -0.931. The second-order valence-corrected chi connectivity index (χ2v) is 9.54. The lowest BCUT2D eigenvalue weighted by molar-refractivity contribution is -0.531. The standard InChI is InChI=1S/C13H16N2.C8H12O2S2/c1-2-6-11-10(4-1)5-3-7-12(11)13-14-8-9-15-13;9-8(10)4-2-1-3-7-5-6-11-12-7/h1-2,4,6,12H,3,5,7-9H2,(H,14,15);5-7H,1-4H2,(H,9,10)/t;7-/m.1/s1. The quantitative estimate of drug-likeness (QED) is 0.585. The Bertz CT molecular complexity index is 691. The minimum absolute atomic E-state index is 0.203. The van der Waals surface area contributed by atoms with Gasteiger partial charge in [0.05, 0.1) is 12.5 Å². The molecule has 1 unspecified atom stereocenters. The van der Waals surface area contributed by atoms with E-state index in [-0.39, 0.29) is 6.42 Å². The van der Waals surface area contributed by atoms with Crippen LogP contribution in [-0.2, 0) is 11.2 Å². The molecular formula is C21H28N2O2S2. The molecule has 1 aromatic rings. The van der Waals surface area contributed by atoms with Gasteiger partial charge < -0.3 is 9.90 Å². The molecule has 1 aliphatic carbocycles. The maximum absolute atomic E-state index is 10.1. The number of carboxylic acids is 1. The molecule has 0 fully saturated rings. The number of nitrogens with zero attached hydrogens (tertiary/aromatic N) is 1. The molecule has 27 heavy (non-hydrogen) atoms. The minimum Gasteiger partial charge on any atom is -0.550 e. The summed E-state index contributed by atoms with van der Waals surface area (Å²) in [6, 6.07) is 8.87. The van der Waals surface area contributed by atoms with E-state index in [0.717, 1.165) is 32.4 Å². The summed E-state index contributed by atoms with van der Waals surface area (Å²) in [6.45, 7) is 2.15. The fourth-order valence-corrected chi connectivity index (χ4v) is 6.06. The van der Waals surface area contributed by atoms with Crippen LogP contribution in [0.15, 0.2) is 40.7 Å². The largest absolute Gasteiger partial charge is 0.550 e. The number of aryl methyl sites for hydroxylation is 1. The van der Waals surface area contributed by atoms with Gasteiger partial charge in [-0.3, -0.25) is 5.32 Å². The van der Waals surface area contributed by atoms with Crippen LogP contribution in [0.25, 0.3) is 0 Å². The van der Waals surface area contributed by atoms with Gasteiger partial charge in [0, 0.05) is 11.2 Å². The second kappa shape index (κ2) is 10.9. The van der Waals surface area contributed by atoms with Gasteiger partial charge in [-0.15, -0.1) is 0 Å². The Morgan fingerprint density at radius 3 is 2.93 bits per heavy atom. The van der Waals surface area contributed by atoms with E-state index in [1.807, 2.05) is 10.8 Å². The molecule has 2 heterocycles. The Hall–Kier alpha value is -1.24. The molecule has 2 N–H and O–H groups in total. The summed E-state index contributed by atoms with van der Waals surface area (Å²) < 4.78 is 0. The highest BCUT2D eigenvalue weighted by atomic mass is 33.1. The van der Waals surface area contributed by atoms with Gasteiger partial charge in [-0.25, -0.2) is 4.99 Å². The number of nitrogens with two attached hydrogens (primary N) is 1. The van der Waals surface area contributed by atoms with Crippen molar-refractivity contribution in [2.24, 2.45) is 4.99 Å². The number of fused-ring (bicyclic) bond motifs is 1. The third-order valence-corrected chi connectivity index (χ3v) is 7.58. The Balaban J connectivity index is 0.000000161. The molecule has 4 rings (SSSR count). The number of quaternary nitrogens is 1. The van der Waals surface area contributed by atoms with Gasteiger partial charge >= 0.3 is 0 Å². The Morgan fingerprint density at radius 1 is 1.30 bits per heavy atom. The van der Waals surface area contributed by atoms with Crippen molar-refractivity contribution in [2.75, 3.05) is 13.1 Å². The molecule has 2 atom stereocenters. The normalized spacial score (nSPS) is 23.3. The fraction of sp³-hybridized carbons (Fsp3) is 0.524. The van der Waals surface area contributed by atoms with Gasteiger partial charge in [0.25, 0.3) is 0 Å². The third-order valence-electron chi connectivity index (χ3n) is 5.15. The summed E-state index contributed by atoms with van der Waals surface area (Å²) in [5.41, 5.74) is 3.07. The number of rotatable bonds is 6. The molecule has 0 bridgehead atoms. The van der Waals surface area contributed by atoms with Crippen LogP contribution in [0.5, 0.6) is 0 Å². The summed E-state index contributed by atoms with van der Waals surface area (Å²) in [7, 11) is 3.60. The van der Waals surface area contributed by atoms with Crippen molar-refractivity contribution in [1.29, 1.82) is 0 Å². The summed E-state index contributed by atoms with van der Waals surface area (Å²) in [5.74, 6) is 1.01. The number of hydrogen-bond donors (Lipinski definition) is 1. The van der Waals surface area contributed by atoms with E-state index in [0.29, 0.717) is 11.2 Å². The predicted octanol–water partition coefficient (Wildman–Crippen LogP) is 2.66. The zero-order valence-corrected chi connectivity index (χ0v) is 17.3. The first-order chi connectivity index (χ1) is 13.2. The van der Waals surface area contributed by atoms with Gasteiger partial charge in [-0.2, -0.15) is 0 Å². The second-order valence-electron chi connectivity index (χ2n) is 7.12. The molecule has 6 heteroatoms. The smallest absolute Gasteiger partial charge is 0.202 e. The number of aliphatic carboxylic acids is 1. The van der Waals surface area contributed by atoms with Crippen LogP contribution in [0.3, 0.4) is 0 Å². The van der Waals surface area contributed by atoms with Gasteiger partial charge in [0.15, 0.2) is 0 Å². The lowest BCUT2D eigenvalue weighted by Gasteiger charge is -2.23. The molecule has 0 amide bonds.